The van der Waals surface area contributed by atoms with Crippen LogP contribution >= 0.6 is 0 Å². The topological polar surface area (TPSA) is 137 Å². The van der Waals surface area contributed by atoms with Gasteiger partial charge >= 0.3 is 5.97 Å². The molecule has 0 amide bonds. The third-order valence-corrected chi connectivity index (χ3v) is 3.28. The third kappa shape index (κ3) is 4.22. The summed E-state index contributed by atoms with van der Waals surface area (Å²) in [6.07, 6.45) is -0.388. The molecular formula is C17H19N5O3. The smallest absolute Gasteiger partial charge is 0.347 e. The van der Waals surface area contributed by atoms with Crippen LogP contribution in [0.5, 0.6) is 5.88 Å². The SMILES string of the molecule is CCOC(=O)c1c(N)nc(-c2cccc(C#N)c2)nc1O[C@H](C)CN. The number of nitrogens with two attached hydrogens (primary N) is 2. The van der Waals surface area contributed by atoms with E-state index in [1.54, 1.807) is 38.1 Å². The number of nitrogen functional groups attached to an aromatic ring is 1. The molecule has 2 aromatic rings. The van der Waals surface area contributed by atoms with Gasteiger partial charge in [0.05, 0.1) is 18.2 Å². The number of carbonyl (C=O) groups is 1. The molecule has 1 aromatic carbocycles. The molecule has 0 radical (unpaired) electrons. The van der Waals surface area contributed by atoms with Crippen LogP contribution < -0.4 is 16.2 Å². The Morgan fingerprint density at radius 1 is 1.40 bits per heavy atom. The van der Waals surface area contributed by atoms with Gasteiger partial charge in [0.25, 0.3) is 0 Å². The lowest BCUT2D eigenvalue weighted by atomic mass is 10.1. The van der Waals surface area contributed by atoms with Crippen molar-refractivity contribution in [1.82, 2.24) is 9.97 Å². The molecule has 1 aromatic heterocycles. The Labute approximate surface area is 145 Å². The van der Waals surface area contributed by atoms with E-state index in [-0.39, 0.29) is 42.3 Å². The summed E-state index contributed by atoms with van der Waals surface area (Å²) in [6, 6.07) is 8.76. The molecule has 8 nitrogen and oxygen atoms in total. The van der Waals surface area contributed by atoms with Crippen LogP contribution in [-0.4, -0.2) is 35.2 Å². The van der Waals surface area contributed by atoms with Gasteiger partial charge in [-0.05, 0) is 26.0 Å². The first-order chi connectivity index (χ1) is 12.0. The maximum absolute atomic E-state index is 12.2. The third-order valence-electron chi connectivity index (χ3n) is 3.28. The number of ether oxygens (including phenoxy) is 2. The van der Waals surface area contributed by atoms with E-state index in [1.165, 1.54) is 0 Å². The normalized spacial score (nSPS) is 11.4. The van der Waals surface area contributed by atoms with Crippen molar-refractivity contribution in [1.29, 1.82) is 5.26 Å². The number of hydrogen-bond acceptors (Lipinski definition) is 8. The van der Waals surface area contributed by atoms with E-state index in [4.69, 9.17) is 26.2 Å². The minimum Gasteiger partial charge on any atom is -0.473 e. The predicted octanol–water partition coefficient (Wildman–Crippen LogP) is 1.50. The Hall–Kier alpha value is -3.18. The monoisotopic (exact) mass is 341 g/mol. The molecule has 1 heterocycles. The summed E-state index contributed by atoms with van der Waals surface area (Å²) in [5, 5.41) is 9.03. The van der Waals surface area contributed by atoms with Gasteiger partial charge in [-0.1, -0.05) is 12.1 Å². The van der Waals surface area contributed by atoms with E-state index in [0.717, 1.165) is 0 Å². The Morgan fingerprint density at radius 2 is 2.16 bits per heavy atom. The summed E-state index contributed by atoms with van der Waals surface area (Å²) in [5.41, 5.74) is 12.5. The maximum Gasteiger partial charge on any atom is 0.347 e. The highest BCUT2D eigenvalue weighted by Crippen LogP contribution is 2.27. The van der Waals surface area contributed by atoms with Crippen LogP contribution in [-0.2, 0) is 4.74 Å². The number of nitriles is 1. The largest absolute Gasteiger partial charge is 0.473 e. The molecule has 1 atom stereocenters. The average Bonchev–Trinajstić information content (AvgIpc) is 2.61. The van der Waals surface area contributed by atoms with Gasteiger partial charge in [-0.25, -0.2) is 9.78 Å². The summed E-state index contributed by atoms with van der Waals surface area (Å²) in [4.78, 5) is 20.6. The summed E-state index contributed by atoms with van der Waals surface area (Å²) in [6.45, 7) is 3.82. The van der Waals surface area contributed by atoms with E-state index in [1.807, 2.05) is 6.07 Å². The fourth-order valence-electron chi connectivity index (χ4n) is 2.03. The highest BCUT2D eigenvalue weighted by atomic mass is 16.5. The standard InChI is InChI=1S/C17H19N5O3/c1-3-24-17(23)13-14(20)21-15(22-16(13)25-10(2)8-18)12-6-4-5-11(7-12)9-19/h4-7,10H,3,8,18H2,1-2H3,(H2,20,21,22)/t10-/m1/s1. The lowest BCUT2D eigenvalue weighted by molar-refractivity contribution is 0.0519. The van der Waals surface area contributed by atoms with Crippen molar-refractivity contribution >= 4 is 11.8 Å². The molecule has 25 heavy (non-hydrogen) atoms. The van der Waals surface area contributed by atoms with Crippen LogP contribution in [0.1, 0.15) is 29.8 Å². The lowest BCUT2D eigenvalue weighted by Gasteiger charge is -2.16. The molecule has 130 valence electrons. The Morgan fingerprint density at radius 3 is 2.80 bits per heavy atom. The Kier molecular flexibility index (Phi) is 5.87. The number of nitrogens with zero attached hydrogens (tertiary/aromatic N) is 3. The number of anilines is 1. The van der Waals surface area contributed by atoms with Gasteiger partial charge in [0, 0.05) is 12.1 Å². The zero-order valence-electron chi connectivity index (χ0n) is 14.0. The van der Waals surface area contributed by atoms with E-state index >= 15 is 0 Å². The molecule has 4 N–H and O–H groups in total. The molecule has 0 aliphatic heterocycles. The van der Waals surface area contributed by atoms with Crippen molar-refractivity contribution < 1.29 is 14.3 Å². The van der Waals surface area contributed by atoms with E-state index in [0.29, 0.717) is 11.1 Å². The highest BCUT2D eigenvalue weighted by molar-refractivity contribution is 5.97. The fourth-order valence-corrected chi connectivity index (χ4v) is 2.03. The summed E-state index contributed by atoms with van der Waals surface area (Å²) in [5.74, 6) is -0.496. The fraction of sp³-hybridized carbons (Fsp3) is 0.294. The highest BCUT2D eigenvalue weighted by Gasteiger charge is 2.24. The van der Waals surface area contributed by atoms with Crippen LogP contribution in [0.3, 0.4) is 0 Å². The molecule has 0 bridgehead atoms. The molecule has 0 fully saturated rings. The average molecular weight is 341 g/mol. The first-order valence-electron chi connectivity index (χ1n) is 7.72. The predicted molar refractivity (Wildman–Crippen MR) is 91.7 cm³/mol. The maximum atomic E-state index is 12.2. The minimum atomic E-state index is -0.670. The van der Waals surface area contributed by atoms with Crippen LogP contribution in [0.25, 0.3) is 11.4 Å². The molecule has 0 unspecified atom stereocenters. The molecule has 0 aliphatic rings. The second kappa shape index (κ2) is 8.08. The van der Waals surface area contributed by atoms with Crippen LogP contribution in [0.4, 0.5) is 5.82 Å². The van der Waals surface area contributed by atoms with Gasteiger partial charge in [-0.15, -0.1) is 0 Å². The van der Waals surface area contributed by atoms with Gasteiger partial charge in [-0.2, -0.15) is 10.2 Å². The molecular weight excluding hydrogens is 322 g/mol. The van der Waals surface area contributed by atoms with E-state index in [2.05, 4.69) is 9.97 Å². The Bertz CT molecular complexity index is 816. The van der Waals surface area contributed by atoms with Crippen LogP contribution in [0, 0.1) is 11.3 Å². The molecule has 0 spiro atoms. The number of carbonyl (C=O) groups excluding carboxylic acids is 1. The zero-order chi connectivity index (χ0) is 18.4. The Balaban J connectivity index is 2.57. The second-order valence-corrected chi connectivity index (χ2v) is 5.19. The van der Waals surface area contributed by atoms with Crippen molar-refractivity contribution in [3.8, 4) is 23.3 Å². The second-order valence-electron chi connectivity index (χ2n) is 5.19. The van der Waals surface area contributed by atoms with Crippen LogP contribution in [0.2, 0.25) is 0 Å². The van der Waals surface area contributed by atoms with E-state index < -0.39 is 5.97 Å². The lowest BCUT2D eigenvalue weighted by Crippen LogP contribution is -2.25. The molecule has 0 saturated carbocycles. The van der Waals surface area contributed by atoms with Crippen molar-refractivity contribution in [2.24, 2.45) is 5.73 Å². The van der Waals surface area contributed by atoms with Gasteiger partial charge in [-0.3, -0.25) is 0 Å². The molecule has 2 rings (SSSR count). The molecule has 0 saturated heterocycles. The number of benzene rings is 1. The van der Waals surface area contributed by atoms with Gasteiger partial charge in [0.15, 0.2) is 11.4 Å². The van der Waals surface area contributed by atoms with Crippen molar-refractivity contribution in [3.63, 3.8) is 0 Å². The summed E-state index contributed by atoms with van der Waals surface area (Å²) < 4.78 is 10.6. The van der Waals surface area contributed by atoms with Crippen molar-refractivity contribution in [2.45, 2.75) is 20.0 Å². The summed E-state index contributed by atoms with van der Waals surface area (Å²) >= 11 is 0. The summed E-state index contributed by atoms with van der Waals surface area (Å²) in [7, 11) is 0. The van der Waals surface area contributed by atoms with Gasteiger partial charge < -0.3 is 20.9 Å². The minimum absolute atomic E-state index is 0.00117. The van der Waals surface area contributed by atoms with Crippen LogP contribution in [0.15, 0.2) is 24.3 Å². The van der Waals surface area contributed by atoms with Crippen molar-refractivity contribution in [3.05, 3.63) is 35.4 Å². The molecule has 0 aliphatic carbocycles. The zero-order valence-corrected chi connectivity index (χ0v) is 14.0. The number of rotatable bonds is 6. The van der Waals surface area contributed by atoms with Crippen molar-refractivity contribution in [2.75, 3.05) is 18.9 Å². The number of esters is 1. The first kappa shape index (κ1) is 18.2. The number of aromatic nitrogens is 2. The number of hydrogen-bond donors (Lipinski definition) is 2. The first-order valence-corrected chi connectivity index (χ1v) is 7.72. The van der Waals surface area contributed by atoms with Gasteiger partial charge in [0.1, 0.15) is 11.9 Å². The van der Waals surface area contributed by atoms with E-state index in [9.17, 15) is 4.79 Å². The molecule has 8 heteroatoms. The van der Waals surface area contributed by atoms with Gasteiger partial charge in [0.2, 0.25) is 5.88 Å². The quantitative estimate of drug-likeness (QED) is 0.754.